The van der Waals surface area contributed by atoms with Gasteiger partial charge in [0.2, 0.25) is 17.6 Å². The predicted octanol–water partition coefficient (Wildman–Crippen LogP) is 0.882. The van der Waals surface area contributed by atoms with Crippen molar-refractivity contribution in [1.82, 2.24) is 0 Å². The zero-order valence-electron chi connectivity index (χ0n) is 11.8. The Bertz CT molecular complexity index is 777. The summed E-state index contributed by atoms with van der Waals surface area (Å²) >= 11 is 0. The normalized spacial score (nSPS) is 15.3. The number of rotatable bonds is 2. The number of nitrogens with zero attached hydrogens (tertiary/aromatic N) is 2. The van der Waals surface area contributed by atoms with Gasteiger partial charge in [0.25, 0.3) is 0 Å². The average molecular weight is 294 g/mol. The van der Waals surface area contributed by atoms with Gasteiger partial charge in [-0.1, -0.05) is 24.3 Å². The molecule has 1 heterocycles. The van der Waals surface area contributed by atoms with E-state index in [1.54, 1.807) is 12.1 Å². The summed E-state index contributed by atoms with van der Waals surface area (Å²) in [7, 11) is 0. The number of hydrogen-bond acceptors (Lipinski definition) is 3. The molecule has 0 radical (unpaired) electrons. The number of fused-ring (bicyclic) bond motifs is 1. The molecule has 6 nitrogen and oxygen atoms in total. The van der Waals surface area contributed by atoms with Gasteiger partial charge < -0.3 is 10.8 Å². The monoisotopic (exact) mass is 294 g/mol. The molecule has 0 saturated carbocycles. The molecule has 6 N–H and O–H groups in total. The number of aromatic hydroxyl groups is 1. The zero-order valence-corrected chi connectivity index (χ0v) is 11.8. The van der Waals surface area contributed by atoms with E-state index in [4.69, 9.17) is 11.1 Å². The summed E-state index contributed by atoms with van der Waals surface area (Å²) in [4.78, 5) is 8.71. The molecule has 0 fully saturated rings. The fourth-order valence-corrected chi connectivity index (χ4v) is 2.35. The smallest absolute Gasteiger partial charge is 0.243 e. The number of benzene rings is 2. The van der Waals surface area contributed by atoms with Gasteiger partial charge in [0.05, 0.1) is 17.7 Å². The molecule has 1 aliphatic rings. The van der Waals surface area contributed by atoms with Crippen molar-refractivity contribution in [3.63, 3.8) is 0 Å². The number of phenols is 1. The molecular formula is C16H16N5O+. The molecule has 2 aromatic rings. The van der Waals surface area contributed by atoms with Crippen LogP contribution in [0.25, 0.3) is 0 Å². The minimum Gasteiger partial charge on any atom is -0.508 e. The highest BCUT2D eigenvalue weighted by molar-refractivity contribution is 6.08. The van der Waals surface area contributed by atoms with E-state index in [0.29, 0.717) is 12.3 Å². The Morgan fingerprint density at radius 2 is 1.91 bits per heavy atom. The van der Waals surface area contributed by atoms with Gasteiger partial charge in [-0.25, -0.2) is 0 Å². The number of quaternary nitrogens is 1. The molecule has 22 heavy (non-hydrogen) atoms. The second-order valence-corrected chi connectivity index (χ2v) is 4.99. The molecule has 1 aliphatic heterocycles. The third-order valence-corrected chi connectivity index (χ3v) is 3.31. The van der Waals surface area contributed by atoms with Crippen LogP contribution >= 0.6 is 0 Å². The Morgan fingerprint density at radius 1 is 1.18 bits per heavy atom. The van der Waals surface area contributed by atoms with Crippen LogP contribution in [0.5, 0.6) is 5.75 Å². The van der Waals surface area contributed by atoms with E-state index in [1.807, 2.05) is 41.7 Å². The van der Waals surface area contributed by atoms with Gasteiger partial charge in [0.15, 0.2) is 0 Å². The topological polar surface area (TPSA) is 111 Å². The molecule has 0 saturated heterocycles. The summed E-state index contributed by atoms with van der Waals surface area (Å²) in [5.74, 6) is 1.49. The average Bonchev–Trinajstić information content (AvgIpc) is 2.49. The van der Waals surface area contributed by atoms with Crippen molar-refractivity contribution in [3.05, 3.63) is 59.7 Å². The van der Waals surface area contributed by atoms with Gasteiger partial charge in [-0.3, -0.25) is 10.7 Å². The lowest BCUT2D eigenvalue weighted by molar-refractivity contribution is -0.410. The lowest BCUT2D eigenvalue weighted by Gasteiger charge is -2.14. The number of phenolic OH excluding ortho intramolecular Hbond substituents is 1. The predicted molar refractivity (Wildman–Crippen MR) is 85.7 cm³/mol. The zero-order chi connectivity index (χ0) is 15.5. The van der Waals surface area contributed by atoms with Crippen LogP contribution in [-0.2, 0) is 6.42 Å². The Hall–Kier alpha value is -2.99. The van der Waals surface area contributed by atoms with Crippen LogP contribution in [0.15, 0.2) is 58.5 Å². The maximum absolute atomic E-state index is 9.34. The molecule has 0 unspecified atom stereocenters. The highest BCUT2D eigenvalue weighted by Gasteiger charge is 2.22. The van der Waals surface area contributed by atoms with Crippen LogP contribution in [0.1, 0.15) is 11.1 Å². The summed E-state index contributed by atoms with van der Waals surface area (Å²) in [6.45, 7) is 0. The van der Waals surface area contributed by atoms with E-state index in [0.717, 1.165) is 22.6 Å². The molecule has 0 atom stereocenters. The van der Waals surface area contributed by atoms with Crippen molar-refractivity contribution >= 4 is 23.3 Å². The summed E-state index contributed by atoms with van der Waals surface area (Å²) in [5.41, 5.74) is 8.13. The van der Waals surface area contributed by atoms with Gasteiger partial charge in [-0.2, -0.15) is 9.98 Å². The summed E-state index contributed by atoms with van der Waals surface area (Å²) in [5, 5.41) is 18.6. The lowest BCUT2D eigenvalue weighted by Crippen LogP contribution is -2.93. The first-order valence-electron chi connectivity index (χ1n) is 6.84. The van der Waals surface area contributed by atoms with Gasteiger partial charge >= 0.3 is 0 Å². The van der Waals surface area contributed by atoms with E-state index in [2.05, 4.69) is 9.98 Å². The number of para-hydroxylation sites is 1. The van der Waals surface area contributed by atoms with E-state index >= 15 is 0 Å². The van der Waals surface area contributed by atoms with Crippen molar-refractivity contribution in [2.24, 2.45) is 15.7 Å². The minimum absolute atomic E-state index is 0.230. The fraction of sp³-hybridized carbons (Fsp3) is 0.0625. The van der Waals surface area contributed by atoms with Crippen molar-refractivity contribution < 1.29 is 10.4 Å². The third-order valence-electron chi connectivity index (χ3n) is 3.31. The van der Waals surface area contributed by atoms with Crippen LogP contribution in [0.3, 0.4) is 0 Å². The molecule has 0 aromatic heterocycles. The Balaban J connectivity index is 1.95. The number of amidine groups is 2. The minimum atomic E-state index is -0.230. The summed E-state index contributed by atoms with van der Waals surface area (Å²) < 4.78 is 0. The SMILES string of the molecule is N=C(N)/N=C1\[NH2+]C(Cc2ccc(O)cc2)=Nc2ccccc21. The van der Waals surface area contributed by atoms with Crippen LogP contribution in [-0.4, -0.2) is 22.7 Å². The molecule has 0 aliphatic carbocycles. The van der Waals surface area contributed by atoms with Crippen LogP contribution in [0.4, 0.5) is 5.69 Å². The molecule has 0 bridgehead atoms. The molecule has 6 heteroatoms. The molecule has 0 amide bonds. The van der Waals surface area contributed by atoms with Crippen molar-refractivity contribution in [2.75, 3.05) is 0 Å². The van der Waals surface area contributed by atoms with Gasteiger partial charge in [0.1, 0.15) is 5.75 Å². The first kappa shape index (κ1) is 14.0. The van der Waals surface area contributed by atoms with E-state index in [-0.39, 0.29) is 11.7 Å². The van der Waals surface area contributed by atoms with E-state index in [9.17, 15) is 5.11 Å². The number of nitrogens with one attached hydrogen (secondary N) is 1. The second kappa shape index (κ2) is 5.79. The Labute approximate surface area is 127 Å². The van der Waals surface area contributed by atoms with Crippen LogP contribution < -0.4 is 11.1 Å². The number of guanidine groups is 1. The maximum Gasteiger partial charge on any atom is 0.243 e. The first-order chi connectivity index (χ1) is 10.6. The molecular weight excluding hydrogens is 278 g/mol. The quantitative estimate of drug-likeness (QED) is 0.487. The molecule has 3 rings (SSSR count). The summed E-state index contributed by atoms with van der Waals surface area (Å²) in [6.07, 6.45) is 0.617. The summed E-state index contributed by atoms with van der Waals surface area (Å²) in [6, 6.07) is 14.7. The van der Waals surface area contributed by atoms with E-state index in [1.165, 1.54) is 0 Å². The fourth-order valence-electron chi connectivity index (χ4n) is 2.35. The first-order valence-corrected chi connectivity index (χ1v) is 6.84. The van der Waals surface area contributed by atoms with Crippen LogP contribution in [0, 0.1) is 5.41 Å². The van der Waals surface area contributed by atoms with Gasteiger partial charge in [-0.15, -0.1) is 0 Å². The molecule has 0 spiro atoms. The number of nitrogens with two attached hydrogens (primary N) is 2. The van der Waals surface area contributed by atoms with E-state index < -0.39 is 0 Å². The number of hydrogen-bond donors (Lipinski definition) is 4. The lowest BCUT2D eigenvalue weighted by atomic mass is 10.1. The van der Waals surface area contributed by atoms with Crippen molar-refractivity contribution in [1.29, 1.82) is 5.41 Å². The maximum atomic E-state index is 9.34. The molecule has 110 valence electrons. The Morgan fingerprint density at radius 3 is 2.64 bits per heavy atom. The Kier molecular flexibility index (Phi) is 3.67. The number of aliphatic imine (C=N–C) groups is 2. The standard InChI is InChI=1S/C16H15N5O/c17-16(18)21-15-12-3-1-2-4-13(12)19-14(20-15)9-10-5-7-11(22)8-6-10/h1-8,22H,9H2,(H4,17,18,19,20,21)/p+1. The largest absolute Gasteiger partial charge is 0.508 e. The van der Waals surface area contributed by atoms with Gasteiger partial charge in [-0.05, 0) is 29.8 Å². The van der Waals surface area contributed by atoms with Crippen molar-refractivity contribution in [2.45, 2.75) is 6.42 Å². The molecule has 2 aromatic carbocycles. The van der Waals surface area contributed by atoms with Crippen molar-refractivity contribution in [3.8, 4) is 5.75 Å². The second-order valence-electron chi connectivity index (χ2n) is 4.99. The van der Waals surface area contributed by atoms with Gasteiger partial charge in [0, 0.05) is 0 Å². The van der Waals surface area contributed by atoms with Crippen LogP contribution in [0.2, 0.25) is 0 Å². The highest BCUT2D eigenvalue weighted by Crippen LogP contribution is 2.20. The highest BCUT2D eigenvalue weighted by atomic mass is 16.3. The third kappa shape index (κ3) is 3.02.